The average Bonchev–Trinajstić information content (AvgIpc) is 3.33. The highest BCUT2D eigenvalue weighted by Crippen LogP contribution is 2.28. The summed E-state index contributed by atoms with van der Waals surface area (Å²) < 4.78 is 6.18. The first-order chi connectivity index (χ1) is 10.4. The zero-order chi connectivity index (χ0) is 14.1. The number of nitrogens with zero attached hydrogens (tertiary/aromatic N) is 1. The van der Waals surface area contributed by atoms with Crippen LogP contribution in [-0.2, 0) is 0 Å². The Morgan fingerprint density at radius 1 is 0.905 bits per heavy atom. The van der Waals surface area contributed by atoms with Gasteiger partial charge in [0.25, 0.3) is 0 Å². The lowest BCUT2D eigenvalue weighted by atomic mass is 9.93. The predicted molar refractivity (Wildman–Crippen MR) is 84.6 cm³/mol. The number of rotatable bonds is 4. The molecule has 0 spiro atoms. The normalized spacial score (nSPS) is 25.9. The molecule has 110 valence electrons. The minimum absolute atomic E-state index is 0.376. The molecule has 3 nitrogen and oxygen atoms in total. The van der Waals surface area contributed by atoms with E-state index >= 15 is 0 Å². The Balaban J connectivity index is 1.36. The quantitative estimate of drug-likeness (QED) is 0.929. The van der Waals surface area contributed by atoms with Crippen molar-refractivity contribution in [2.45, 2.75) is 56.7 Å². The van der Waals surface area contributed by atoms with Crippen molar-refractivity contribution in [2.75, 3.05) is 0 Å². The molecule has 2 aliphatic rings. The third-order valence-corrected chi connectivity index (χ3v) is 4.64. The van der Waals surface area contributed by atoms with Crippen LogP contribution in [-0.4, -0.2) is 23.2 Å². The molecule has 1 heterocycles. The lowest BCUT2D eigenvalue weighted by molar-refractivity contribution is 0.139. The van der Waals surface area contributed by atoms with Crippen LogP contribution in [0.25, 0.3) is 10.8 Å². The molecule has 1 aromatic carbocycles. The lowest BCUT2D eigenvalue weighted by Gasteiger charge is -2.29. The van der Waals surface area contributed by atoms with Crippen LogP contribution >= 0.6 is 0 Å². The van der Waals surface area contributed by atoms with E-state index < -0.39 is 0 Å². The molecule has 0 amide bonds. The van der Waals surface area contributed by atoms with Crippen LogP contribution < -0.4 is 10.1 Å². The Morgan fingerprint density at radius 3 is 2.43 bits per heavy atom. The molecule has 0 bridgehead atoms. The third-order valence-electron chi connectivity index (χ3n) is 4.64. The van der Waals surface area contributed by atoms with E-state index in [-0.39, 0.29) is 0 Å². The summed E-state index contributed by atoms with van der Waals surface area (Å²) in [6.07, 6.45) is 11.7. The van der Waals surface area contributed by atoms with Crippen LogP contribution in [0.2, 0.25) is 0 Å². The number of hydrogen-bond donors (Lipinski definition) is 1. The summed E-state index contributed by atoms with van der Waals surface area (Å²) in [5.74, 6) is 0.993. The van der Waals surface area contributed by atoms with Crippen LogP contribution in [0.4, 0.5) is 0 Å². The topological polar surface area (TPSA) is 34.1 Å². The second-order valence-electron chi connectivity index (χ2n) is 6.42. The zero-order valence-corrected chi connectivity index (χ0v) is 12.3. The van der Waals surface area contributed by atoms with Crippen molar-refractivity contribution < 1.29 is 4.74 Å². The van der Waals surface area contributed by atoms with Crippen molar-refractivity contribution in [3.05, 3.63) is 36.7 Å². The molecule has 2 aromatic rings. The SMILES string of the molecule is c1cc2cc(OC3CCC(NC4CC4)CC3)ccc2cn1. The van der Waals surface area contributed by atoms with Gasteiger partial charge in [0, 0.05) is 29.9 Å². The zero-order valence-electron chi connectivity index (χ0n) is 12.3. The first kappa shape index (κ1) is 13.1. The number of benzene rings is 1. The molecule has 1 N–H and O–H groups in total. The number of pyridine rings is 1. The summed E-state index contributed by atoms with van der Waals surface area (Å²) in [4.78, 5) is 4.15. The van der Waals surface area contributed by atoms with Crippen molar-refractivity contribution >= 4 is 10.8 Å². The second-order valence-corrected chi connectivity index (χ2v) is 6.42. The summed E-state index contributed by atoms with van der Waals surface area (Å²) in [6.45, 7) is 0. The van der Waals surface area contributed by atoms with Gasteiger partial charge in [-0.15, -0.1) is 0 Å². The second kappa shape index (κ2) is 5.64. The van der Waals surface area contributed by atoms with Crippen molar-refractivity contribution in [1.82, 2.24) is 10.3 Å². The molecule has 2 aliphatic carbocycles. The minimum atomic E-state index is 0.376. The van der Waals surface area contributed by atoms with Crippen molar-refractivity contribution in [3.63, 3.8) is 0 Å². The molecule has 0 atom stereocenters. The molecule has 3 heteroatoms. The number of aromatic nitrogens is 1. The summed E-state index contributed by atoms with van der Waals surface area (Å²) in [7, 11) is 0. The number of ether oxygens (including phenoxy) is 1. The molecule has 1 aromatic heterocycles. The van der Waals surface area contributed by atoms with Crippen molar-refractivity contribution in [2.24, 2.45) is 0 Å². The van der Waals surface area contributed by atoms with Crippen molar-refractivity contribution in [1.29, 1.82) is 0 Å². The standard InChI is InChI=1S/C18H22N2O/c1-6-18(11-13-9-10-19-12-14(1)13)21-17-7-4-16(5-8-17)20-15-2-3-15/h1,6,9-12,15-17,20H,2-5,7-8H2. The van der Waals surface area contributed by atoms with Gasteiger partial charge in [-0.25, -0.2) is 0 Å². The van der Waals surface area contributed by atoms with E-state index in [1.165, 1.54) is 49.3 Å². The van der Waals surface area contributed by atoms with Gasteiger partial charge >= 0.3 is 0 Å². The average molecular weight is 282 g/mol. The van der Waals surface area contributed by atoms with Gasteiger partial charge in [0.1, 0.15) is 5.75 Å². The van der Waals surface area contributed by atoms with Gasteiger partial charge in [-0.05, 0) is 68.2 Å². The Labute approximate surface area is 125 Å². The smallest absolute Gasteiger partial charge is 0.120 e. The minimum Gasteiger partial charge on any atom is -0.490 e. The Hall–Kier alpha value is -1.61. The highest BCUT2D eigenvalue weighted by molar-refractivity contribution is 5.82. The van der Waals surface area contributed by atoms with Crippen LogP contribution in [0.15, 0.2) is 36.7 Å². The fraction of sp³-hybridized carbons (Fsp3) is 0.500. The molecule has 0 aliphatic heterocycles. The van der Waals surface area contributed by atoms with Gasteiger partial charge in [-0.1, -0.05) is 0 Å². The number of fused-ring (bicyclic) bond motifs is 1. The molecule has 4 rings (SSSR count). The molecule has 0 saturated heterocycles. The maximum atomic E-state index is 6.18. The monoisotopic (exact) mass is 282 g/mol. The van der Waals surface area contributed by atoms with Gasteiger partial charge in [-0.2, -0.15) is 0 Å². The fourth-order valence-corrected chi connectivity index (χ4v) is 3.26. The predicted octanol–water partition coefficient (Wildman–Crippen LogP) is 3.68. The van der Waals surface area contributed by atoms with E-state index in [0.29, 0.717) is 6.10 Å². The summed E-state index contributed by atoms with van der Waals surface area (Å²) in [5, 5.41) is 6.11. The summed E-state index contributed by atoms with van der Waals surface area (Å²) in [6, 6.07) is 9.88. The highest BCUT2D eigenvalue weighted by Gasteiger charge is 2.28. The van der Waals surface area contributed by atoms with Gasteiger partial charge in [0.2, 0.25) is 0 Å². The Morgan fingerprint density at radius 2 is 1.67 bits per heavy atom. The van der Waals surface area contributed by atoms with Crippen LogP contribution in [0.5, 0.6) is 5.75 Å². The van der Waals surface area contributed by atoms with Crippen LogP contribution in [0, 0.1) is 0 Å². The number of hydrogen-bond acceptors (Lipinski definition) is 3. The molecule has 2 fully saturated rings. The van der Waals surface area contributed by atoms with E-state index in [9.17, 15) is 0 Å². The first-order valence-electron chi connectivity index (χ1n) is 8.13. The maximum Gasteiger partial charge on any atom is 0.120 e. The lowest BCUT2D eigenvalue weighted by Crippen LogP contribution is -2.37. The van der Waals surface area contributed by atoms with Gasteiger partial charge in [0.05, 0.1) is 6.10 Å². The molecular weight excluding hydrogens is 260 g/mol. The molecule has 21 heavy (non-hydrogen) atoms. The van der Waals surface area contributed by atoms with E-state index in [4.69, 9.17) is 4.74 Å². The highest BCUT2D eigenvalue weighted by atomic mass is 16.5. The Bertz CT molecular complexity index is 615. The number of nitrogens with one attached hydrogen (secondary N) is 1. The Kier molecular flexibility index (Phi) is 3.52. The van der Waals surface area contributed by atoms with Crippen LogP contribution in [0.1, 0.15) is 38.5 Å². The van der Waals surface area contributed by atoms with Gasteiger partial charge in [-0.3, -0.25) is 4.98 Å². The van der Waals surface area contributed by atoms with E-state index in [1.807, 2.05) is 18.5 Å². The van der Waals surface area contributed by atoms with Crippen molar-refractivity contribution in [3.8, 4) is 5.75 Å². The summed E-state index contributed by atoms with van der Waals surface area (Å²) >= 11 is 0. The fourth-order valence-electron chi connectivity index (χ4n) is 3.26. The van der Waals surface area contributed by atoms with E-state index in [0.717, 1.165) is 17.8 Å². The summed E-state index contributed by atoms with van der Waals surface area (Å²) in [5.41, 5.74) is 0. The molecular formula is C18H22N2O. The first-order valence-corrected chi connectivity index (χ1v) is 8.13. The van der Waals surface area contributed by atoms with E-state index in [1.54, 1.807) is 0 Å². The van der Waals surface area contributed by atoms with E-state index in [2.05, 4.69) is 28.5 Å². The maximum absolute atomic E-state index is 6.18. The molecule has 0 radical (unpaired) electrons. The molecule has 0 unspecified atom stereocenters. The third kappa shape index (κ3) is 3.18. The largest absolute Gasteiger partial charge is 0.490 e. The molecule has 2 saturated carbocycles. The van der Waals surface area contributed by atoms with Gasteiger partial charge < -0.3 is 10.1 Å². The van der Waals surface area contributed by atoms with Crippen LogP contribution in [0.3, 0.4) is 0 Å². The van der Waals surface area contributed by atoms with Gasteiger partial charge in [0.15, 0.2) is 0 Å².